The molecule has 0 radical (unpaired) electrons. The van der Waals surface area contributed by atoms with Gasteiger partial charge in [0.15, 0.2) is 0 Å². The van der Waals surface area contributed by atoms with E-state index < -0.39 is 11.5 Å². The minimum atomic E-state index is -0.408. The summed E-state index contributed by atoms with van der Waals surface area (Å²) in [6, 6.07) is 8.29. The lowest BCUT2D eigenvalue weighted by Crippen LogP contribution is -2.30. The summed E-state index contributed by atoms with van der Waals surface area (Å²) in [6.07, 6.45) is 2.04. The largest absolute Gasteiger partial charge is 0.352 e. The summed E-state index contributed by atoms with van der Waals surface area (Å²) in [5.74, 6) is -0.406. The molecule has 6 heteroatoms. The first-order valence-corrected chi connectivity index (χ1v) is 6.73. The average Bonchev–Trinajstić information content (AvgIpc) is 2.41. The van der Waals surface area contributed by atoms with Crippen LogP contribution in [0.15, 0.2) is 41.3 Å². The summed E-state index contributed by atoms with van der Waals surface area (Å²) < 4.78 is 0. The highest BCUT2D eigenvalue weighted by molar-refractivity contribution is 6.35. The second-order valence-corrected chi connectivity index (χ2v) is 5.00. The molecule has 0 saturated heterocycles. The van der Waals surface area contributed by atoms with E-state index in [2.05, 4.69) is 10.3 Å². The number of aromatic amines is 1. The van der Waals surface area contributed by atoms with Crippen LogP contribution in [0.1, 0.15) is 15.9 Å². The molecule has 1 heterocycles. The van der Waals surface area contributed by atoms with Crippen LogP contribution in [-0.2, 0) is 6.42 Å². The fourth-order valence-corrected chi connectivity index (χ4v) is 2.23. The lowest BCUT2D eigenvalue weighted by Gasteiger charge is -2.06. The van der Waals surface area contributed by atoms with E-state index >= 15 is 0 Å². The summed E-state index contributed by atoms with van der Waals surface area (Å²) in [5, 5.41) is 3.81. The fourth-order valence-electron chi connectivity index (χ4n) is 1.73. The molecule has 4 nitrogen and oxygen atoms in total. The van der Waals surface area contributed by atoms with Gasteiger partial charge in [-0.25, -0.2) is 0 Å². The monoisotopic (exact) mass is 310 g/mol. The quantitative estimate of drug-likeness (QED) is 0.912. The van der Waals surface area contributed by atoms with Gasteiger partial charge in [-0.2, -0.15) is 0 Å². The van der Waals surface area contributed by atoms with E-state index in [0.717, 1.165) is 5.56 Å². The van der Waals surface area contributed by atoms with Crippen molar-refractivity contribution in [2.45, 2.75) is 6.42 Å². The second-order valence-electron chi connectivity index (χ2n) is 4.15. The van der Waals surface area contributed by atoms with Gasteiger partial charge in [-0.05, 0) is 36.2 Å². The first kappa shape index (κ1) is 14.6. The van der Waals surface area contributed by atoms with Gasteiger partial charge >= 0.3 is 0 Å². The van der Waals surface area contributed by atoms with Crippen LogP contribution in [0.25, 0.3) is 0 Å². The first-order chi connectivity index (χ1) is 9.58. The average molecular weight is 311 g/mol. The lowest BCUT2D eigenvalue weighted by molar-refractivity contribution is 0.0952. The summed E-state index contributed by atoms with van der Waals surface area (Å²) in [7, 11) is 0. The highest BCUT2D eigenvalue weighted by atomic mass is 35.5. The summed E-state index contributed by atoms with van der Waals surface area (Å²) in [5.41, 5.74) is 0.572. The number of H-pyrrole nitrogens is 1. The molecule has 2 aromatic rings. The normalized spacial score (nSPS) is 10.3. The zero-order chi connectivity index (χ0) is 14.5. The Morgan fingerprint density at radius 2 is 2.05 bits per heavy atom. The van der Waals surface area contributed by atoms with Crippen molar-refractivity contribution >= 4 is 29.1 Å². The van der Waals surface area contributed by atoms with E-state index in [4.69, 9.17) is 23.2 Å². The van der Waals surface area contributed by atoms with Gasteiger partial charge in [0.1, 0.15) is 5.56 Å². The molecule has 2 rings (SSSR count). The Bertz CT molecular complexity index is 683. The number of pyridine rings is 1. The molecule has 0 saturated carbocycles. The number of amides is 1. The van der Waals surface area contributed by atoms with Crippen LogP contribution in [0.5, 0.6) is 0 Å². The number of hydrogen-bond acceptors (Lipinski definition) is 2. The molecule has 0 aliphatic carbocycles. The Morgan fingerprint density at radius 3 is 2.75 bits per heavy atom. The van der Waals surface area contributed by atoms with Gasteiger partial charge in [-0.1, -0.05) is 29.3 Å². The third-order valence-corrected chi connectivity index (χ3v) is 3.34. The summed E-state index contributed by atoms with van der Waals surface area (Å²) in [6.45, 7) is 0.383. The molecule has 0 bridgehead atoms. The number of halogens is 2. The highest BCUT2D eigenvalue weighted by Crippen LogP contribution is 2.20. The van der Waals surface area contributed by atoms with Crippen LogP contribution >= 0.6 is 23.2 Å². The molecule has 1 aromatic carbocycles. The van der Waals surface area contributed by atoms with Crippen LogP contribution in [0, 0.1) is 0 Å². The molecule has 1 aromatic heterocycles. The number of rotatable bonds is 4. The van der Waals surface area contributed by atoms with Crippen LogP contribution in [0.4, 0.5) is 0 Å². The predicted octanol–water partition coefficient (Wildman–Crippen LogP) is 2.65. The Morgan fingerprint density at radius 1 is 1.25 bits per heavy atom. The zero-order valence-electron chi connectivity index (χ0n) is 10.5. The number of aromatic nitrogens is 1. The van der Waals surface area contributed by atoms with E-state index in [1.807, 2.05) is 6.07 Å². The molecule has 20 heavy (non-hydrogen) atoms. The number of carbonyl (C=O) groups is 1. The summed E-state index contributed by atoms with van der Waals surface area (Å²) in [4.78, 5) is 25.7. The number of hydrogen-bond donors (Lipinski definition) is 2. The molecular weight excluding hydrogens is 299 g/mol. The van der Waals surface area contributed by atoms with Crippen molar-refractivity contribution in [2.24, 2.45) is 0 Å². The van der Waals surface area contributed by atoms with Gasteiger partial charge in [0.2, 0.25) is 0 Å². The molecule has 0 atom stereocenters. The van der Waals surface area contributed by atoms with Gasteiger partial charge in [0, 0.05) is 22.8 Å². The number of benzene rings is 1. The number of nitrogens with one attached hydrogen (secondary N) is 2. The first-order valence-electron chi connectivity index (χ1n) is 5.98. The SMILES string of the molecule is O=C(NCCc1ccc(Cl)cc1Cl)c1ccc[nH]c1=O. The minimum absolute atomic E-state index is 0.0923. The van der Waals surface area contributed by atoms with Crippen molar-refractivity contribution in [3.63, 3.8) is 0 Å². The van der Waals surface area contributed by atoms with Crippen molar-refractivity contribution < 1.29 is 4.79 Å². The molecule has 0 fully saturated rings. The van der Waals surface area contributed by atoms with E-state index in [-0.39, 0.29) is 5.56 Å². The molecule has 104 valence electrons. The number of carbonyl (C=O) groups excluding carboxylic acids is 1. The van der Waals surface area contributed by atoms with Gasteiger partial charge in [-0.15, -0.1) is 0 Å². The zero-order valence-corrected chi connectivity index (χ0v) is 12.0. The van der Waals surface area contributed by atoms with Crippen LogP contribution in [-0.4, -0.2) is 17.4 Å². The van der Waals surface area contributed by atoms with Crippen molar-refractivity contribution in [2.75, 3.05) is 6.54 Å². The molecule has 0 spiro atoms. The maximum Gasteiger partial charge on any atom is 0.260 e. The lowest BCUT2D eigenvalue weighted by atomic mass is 10.1. The molecule has 0 aliphatic heterocycles. The van der Waals surface area contributed by atoms with Crippen LogP contribution in [0.3, 0.4) is 0 Å². The van der Waals surface area contributed by atoms with Crippen molar-refractivity contribution in [3.8, 4) is 0 Å². The Balaban J connectivity index is 1.95. The van der Waals surface area contributed by atoms with E-state index in [9.17, 15) is 9.59 Å². The Kier molecular flexibility index (Phi) is 4.82. The maximum atomic E-state index is 11.8. The van der Waals surface area contributed by atoms with Crippen molar-refractivity contribution in [3.05, 3.63) is 68.1 Å². The molecule has 1 amide bonds. The fraction of sp³-hybridized carbons (Fsp3) is 0.143. The second kappa shape index (κ2) is 6.59. The Hall–Kier alpha value is -1.78. The maximum absolute atomic E-state index is 11.8. The third-order valence-electron chi connectivity index (χ3n) is 2.76. The molecule has 0 aliphatic rings. The highest BCUT2D eigenvalue weighted by Gasteiger charge is 2.09. The van der Waals surface area contributed by atoms with E-state index in [0.29, 0.717) is 23.0 Å². The van der Waals surface area contributed by atoms with Gasteiger partial charge < -0.3 is 10.3 Å². The van der Waals surface area contributed by atoms with Gasteiger partial charge in [0.25, 0.3) is 11.5 Å². The summed E-state index contributed by atoms with van der Waals surface area (Å²) >= 11 is 11.8. The standard InChI is InChI=1S/C14H12Cl2N2O2/c15-10-4-3-9(12(16)8-10)5-7-18-14(20)11-2-1-6-17-13(11)19/h1-4,6,8H,5,7H2,(H,17,19)(H,18,20). The van der Waals surface area contributed by atoms with Crippen molar-refractivity contribution in [1.29, 1.82) is 0 Å². The van der Waals surface area contributed by atoms with E-state index in [1.165, 1.54) is 12.3 Å². The molecular formula is C14H12Cl2N2O2. The minimum Gasteiger partial charge on any atom is -0.352 e. The third kappa shape index (κ3) is 3.62. The van der Waals surface area contributed by atoms with E-state index in [1.54, 1.807) is 18.2 Å². The van der Waals surface area contributed by atoms with Gasteiger partial charge in [0.05, 0.1) is 0 Å². The Labute approximate surface area is 125 Å². The van der Waals surface area contributed by atoms with Crippen LogP contribution < -0.4 is 10.9 Å². The smallest absolute Gasteiger partial charge is 0.260 e. The van der Waals surface area contributed by atoms with Gasteiger partial charge in [-0.3, -0.25) is 9.59 Å². The molecule has 0 unspecified atom stereocenters. The van der Waals surface area contributed by atoms with Crippen molar-refractivity contribution in [1.82, 2.24) is 10.3 Å². The predicted molar refractivity (Wildman–Crippen MR) is 79.6 cm³/mol. The molecule has 2 N–H and O–H groups in total. The topological polar surface area (TPSA) is 62.0 Å². The van der Waals surface area contributed by atoms with Crippen LogP contribution in [0.2, 0.25) is 10.0 Å².